The van der Waals surface area contributed by atoms with Crippen LogP contribution >= 0.6 is 0 Å². The van der Waals surface area contributed by atoms with E-state index < -0.39 is 86.8 Å². The number of ether oxygens (including phenoxy) is 4. The number of carbonyl (C=O) groups is 1. The van der Waals surface area contributed by atoms with E-state index in [0.717, 1.165) is 44.9 Å². The molecule has 2 rings (SSSR count). The molecule has 0 saturated carbocycles. The minimum absolute atomic E-state index is 0.243. The quantitative estimate of drug-likeness (QED) is 0.0208. The molecule has 68 heavy (non-hydrogen) atoms. The van der Waals surface area contributed by atoms with E-state index in [0.29, 0.717) is 6.42 Å². The second kappa shape index (κ2) is 41.0. The van der Waals surface area contributed by atoms with Crippen LogP contribution in [0.5, 0.6) is 0 Å². The largest absolute Gasteiger partial charge is 0.394 e. The van der Waals surface area contributed by atoms with Crippen molar-refractivity contribution < 1.29 is 64.6 Å². The first-order valence-corrected chi connectivity index (χ1v) is 27.6. The Labute approximate surface area is 411 Å². The SMILES string of the molecule is CCCCCCCCC/C=C\CCCCCCCCCC(=O)NC(COC1OC(CO)C(OC2OC(CO)C(O)C(O)C2O)C(O)C1O)C(O)/C=C/CCCCCCCCCCCCCCCC. The molecule has 12 unspecified atom stereocenters. The van der Waals surface area contributed by atoms with Crippen LogP contribution in [0.15, 0.2) is 24.3 Å². The highest BCUT2D eigenvalue weighted by Gasteiger charge is 2.51. The molecule has 400 valence electrons. The third kappa shape index (κ3) is 27.3. The van der Waals surface area contributed by atoms with Crippen molar-refractivity contribution in [2.75, 3.05) is 19.8 Å². The van der Waals surface area contributed by atoms with Gasteiger partial charge in [0.15, 0.2) is 12.6 Å². The summed E-state index contributed by atoms with van der Waals surface area (Å²) in [6.07, 6.45) is 29.2. The van der Waals surface area contributed by atoms with Crippen molar-refractivity contribution in [3.8, 4) is 0 Å². The normalized spacial score (nSPS) is 26.5. The molecule has 14 heteroatoms. The zero-order chi connectivity index (χ0) is 49.6. The molecule has 0 aliphatic carbocycles. The maximum atomic E-state index is 13.2. The summed E-state index contributed by atoms with van der Waals surface area (Å²) in [5.41, 5.74) is 0. The Morgan fingerprint density at radius 3 is 1.40 bits per heavy atom. The summed E-state index contributed by atoms with van der Waals surface area (Å²) >= 11 is 0. The molecule has 1 amide bonds. The summed E-state index contributed by atoms with van der Waals surface area (Å²) in [6, 6.07) is -0.914. The van der Waals surface area contributed by atoms with Crippen LogP contribution in [-0.2, 0) is 23.7 Å². The summed E-state index contributed by atoms with van der Waals surface area (Å²) < 4.78 is 22.7. The Balaban J connectivity index is 1.82. The summed E-state index contributed by atoms with van der Waals surface area (Å²) in [6.45, 7) is 2.79. The molecule has 0 aromatic rings. The maximum Gasteiger partial charge on any atom is 0.220 e. The monoisotopic (exact) mass is 972 g/mol. The van der Waals surface area contributed by atoms with Gasteiger partial charge in [-0.1, -0.05) is 192 Å². The molecular formula is C54H101NO13. The van der Waals surface area contributed by atoms with E-state index in [-0.39, 0.29) is 18.9 Å². The summed E-state index contributed by atoms with van der Waals surface area (Å²) in [5, 5.41) is 86.9. The average molecular weight is 972 g/mol. The summed E-state index contributed by atoms with van der Waals surface area (Å²) in [7, 11) is 0. The molecule has 0 spiro atoms. The highest BCUT2D eigenvalue weighted by molar-refractivity contribution is 5.76. The number of hydrogen-bond donors (Lipinski definition) is 9. The number of hydrogen-bond acceptors (Lipinski definition) is 13. The van der Waals surface area contributed by atoms with E-state index in [9.17, 15) is 45.6 Å². The van der Waals surface area contributed by atoms with Gasteiger partial charge in [-0.25, -0.2) is 0 Å². The van der Waals surface area contributed by atoms with Crippen molar-refractivity contribution in [2.24, 2.45) is 0 Å². The van der Waals surface area contributed by atoms with Crippen LogP contribution in [0, 0.1) is 0 Å². The molecule has 9 N–H and O–H groups in total. The topological polar surface area (TPSA) is 228 Å². The summed E-state index contributed by atoms with van der Waals surface area (Å²) in [4.78, 5) is 13.2. The van der Waals surface area contributed by atoms with Gasteiger partial charge < -0.3 is 65.1 Å². The fraction of sp³-hybridized carbons (Fsp3) is 0.907. The van der Waals surface area contributed by atoms with Crippen molar-refractivity contribution in [2.45, 2.75) is 293 Å². The van der Waals surface area contributed by atoms with E-state index in [2.05, 4.69) is 31.3 Å². The van der Waals surface area contributed by atoms with Crippen molar-refractivity contribution in [3.05, 3.63) is 24.3 Å². The molecule has 0 radical (unpaired) electrons. The Kier molecular flexibility index (Phi) is 37.7. The molecule has 2 aliphatic heterocycles. The number of carbonyl (C=O) groups excluding carboxylic acids is 1. The van der Waals surface area contributed by atoms with Gasteiger partial charge in [0.05, 0.1) is 32.0 Å². The van der Waals surface area contributed by atoms with Gasteiger partial charge in [0.1, 0.15) is 48.8 Å². The third-order valence-corrected chi connectivity index (χ3v) is 13.6. The number of nitrogens with one attached hydrogen (secondary N) is 1. The van der Waals surface area contributed by atoms with Crippen LogP contribution in [-0.4, -0.2) is 140 Å². The Morgan fingerprint density at radius 2 is 0.926 bits per heavy atom. The van der Waals surface area contributed by atoms with Gasteiger partial charge >= 0.3 is 0 Å². The third-order valence-electron chi connectivity index (χ3n) is 13.6. The fourth-order valence-corrected chi connectivity index (χ4v) is 9.11. The van der Waals surface area contributed by atoms with Crippen molar-refractivity contribution in [1.82, 2.24) is 5.32 Å². The van der Waals surface area contributed by atoms with Gasteiger partial charge in [0.25, 0.3) is 0 Å². The predicted octanol–water partition coefficient (Wildman–Crippen LogP) is 8.11. The molecule has 2 saturated heterocycles. The number of aliphatic hydroxyl groups is 8. The highest BCUT2D eigenvalue weighted by atomic mass is 16.7. The molecule has 0 bridgehead atoms. The van der Waals surface area contributed by atoms with E-state index in [4.69, 9.17) is 18.9 Å². The minimum atomic E-state index is -1.79. The van der Waals surface area contributed by atoms with E-state index in [1.54, 1.807) is 6.08 Å². The highest BCUT2D eigenvalue weighted by Crippen LogP contribution is 2.30. The standard InChI is InChI=1S/C54H101NO13/c1-3-5-7-9-11-13-15-17-19-21-22-24-26-28-30-32-34-36-38-46(59)55-42(43(58)37-35-33-31-29-27-25-23-20-18-16-14-12-10-8-6-4-2)41-65-53-51(64)49(62)52(45(40-57)67-53)68-54-50(63)48(61)47(60)44(39-56)66-54/h19,21,35,37,42-45,47-54,56-58,60-64H,3-18,20,22-34,36,38-41H2,1-2H3,(H,55,59)/b21-19-,37-35+. The first-order valence-electron chi connectivity index (χ1n) is 27.6. The fourth-order valence-electron chi connectivity index (χ4n) is 9.11. The first-order chi connectivity index (χ1) is 33.1. The second-order valence-corrected chi connectivity index (χ2v) is 19.7. The van der Waals surface area contributed by atoms with Crippen LogP contribution in [0.25, 0.3) is 0 Å². The lowest BCUT2D eigenvalue weighted by Crippen LogP contribution is -2.65. The van der Waals surface area contributed by atoms with Gasteiger partial charge in [-0.15, -0.1) is 0 Å². The van der Waals surface area contributed by atoms with E-state index in [1.807, 2.05) is 6.08 Å². The van der Waals surface area contributed by atoms with Crippen molar-refractivity contribution in [3.63, 3.8) is 0 Å². The molecule has 0 aromatic heterocycles. The average Bonchev–Trinajstić information content (AvgIpc) is 3.34. The Morgan fingerprint density at radius 1 is 0.515 bits per heavy atom. The van der Waals surface area contributed by atoms with Crippen LogP contribution < -0.4 is 5.32 Å². The number of aliphatic hydroxyl groups excluding tert-OH is 8. The van der Waals surface area contributed by atoms with Crippen LogP contribution in [0.2, 0.25) is 0 Å². The molecule has 14 nitrogen and oxygen atoms in total. The van der Waals surface area contributed by atoms with E-state index >= 15 is 0 Å². The number of rotatable bonds is 43. The Bertz CT molecular complexity index is 1240. The molecule has 12 atom stereocenters. The minimum Gasteiger partial charge on any atom is -0.394 e. The molecule has 2 heterocycles. The molecule has 0 aromatic carbocycles. The van der Waals surface area contributed by atoms with Gasteiger partial charge in [0.2, 0.25) is 5.91 Å². The van der Waals surface area contributed by atoms with Crippen LogP contribution in [0.1, 0.15) is 219 Å². The lowest BCUT2D eigenvalue weighted by molar-refractivity contribution is -0.359. The number of allylic oxidation sites excluding steroid dienone is 3. The Hall–Kier alpha value is -1.53. The lowest BCUT2D eigenvalue weighted by atomic mass is 9.97. The number of amides is 1. The smallest absolute Gasteiger partial charge is 0.220 e. The van der Waals surface area contributed by atoms with Gasteiger partial charge in [-0.05, 0) is 44.9 Å². The van der Waals surface area contributed by atoms with E-state index in [1.165, 1.54) is 148 Å². The zero-order valence-corrected chi connectivity index (χ0v) is 42.6. The first kappa shape index (κ1) is 62.6. The second-order valence-electron chi connectivity index (χ2n) is 19.7. The lowest BCUT2D eigenvalue weighted by Gasteiger charge is -2.46. The summed E-state index contributed by atoms with van der Waals surface area (Å²) in [5.74, 6) is -0.243. The van der Waals surface area contributed by atoms with Gasteiger partial charge in [0, 0.05) is 6.42 Å². The number of unbranched alkanes of at least 4 members (excludes halogenated alkanes) is 28. The van der Waals surface area contributed by atoms with Gasteiger partial charge in [-0.2, -0.15) is 0 Å². The molecule has 2 aliphatic rings. The van der Waals surface area contributed by atoms with Crippen LogP contribution in [0.4, 0.5) is 0 Å². The van der Waals surface area contributed by atoms with Crippen molar-refractivity contribution >= 4 is 5.91 Å². The molecule has 2 fully saturated rings. The molecular weight excluding hydrogens is 871 g/mol. The predicted molar refractivity (Wildman–Crippen MR) is 268 cm³/mol. The van der Waals surface area contributed by atoms with Crippen LogP contribution in [0.3, 0.4) is 0 Å². The van der Waals surface area contributed by atoms with Crippen molar-refractivity contribution in [1.29, 1.82) is 0 Å². The zero-order valence-electron chi connectivity index (χ0n) is 42.6. The maximum absolute atomic E-state index is 13.2. The van der Waals surface area contributed by atoms with Gasteiger partial charge in [-0.3, -0.25) is 4.79 Å².